The Kier molecular flexibility index (Phi) is 8.66. The molecule has 0 N–H and O–H groups in total. The summed E-state index contributed by atoms with van der Waals surface area (Å²) in [6, 6.07) is 18.6. The van der Waals surface area contributed by atoms with Crippen LogP contribution in [-0.4, -0.2) is 6.61 Å². The van der Waals surface area contributed by atoms with Crippen LogP contribution < -0.4 is 4.74 Å². The van der Waals surface area contributed by atoms with Crippen molar-refractivity contribution in [3.8, 4) is 28.0 Å². The van der Waals surface area contributed by atoms with Crippen molar-refractivity contribution >= 4 is 9.24 Å². The molecule has 0 heterocycles. The van der Waals surface area contributed by atoms with Crippen LogP contribution in [0.15, 0.2) is 54.6 Å². The van der Waals surface area contributed by atoms with Crippen molar-refractivity contribution in [2.75, 3.05) is 6.61 Å². The van der Waals surface area contributed by atoms with E-state index in [9.17, 15) is 0 Å². The summed E-state index contributed by atoms with van der Waals surface area (Å²) in [6.45, 7) is 9.61. The van der Waals surface area contributed by atoms with E-state index in [-0.39, 0.29) is 5.82 Å². The number of ether oxygens (including phenoxy) is 1. The molecule has 1 fully saturated rings. The molecule has 1 aliphatic rings. The number of rotatable bonds is 8. The van der Waals surface area contributed by atoms with Gasteiger partial charge in [-0.15, -0.1) is 9.24 Å². The van der Waals surface area contributed by atoms with Gasteiger partial charge in [-0.25, -0.2) is 4.39 Å². The van der Waals surface area contributed by atoms with Gasteiger partial charge in [0.25, 0.3) is 0 Å². The second kappa shape index (κ2) is 11.7. The molecule has 0 amide bonds. The Morgan fingerprint density at radius 1 is 0.943 bits per heavy atom. The lowest BCUT2D eigenvalue weighted by atomic mass is 9.79. The van der Waals surface area contributed by atoms with Gasteiger partial charge in [0.15, 0.2) is 0 Å². The first-order valence-electron chi connectivity index (χ1n) is 13.3. The Balaban J connectivity index is 1.54. The van der Waals surface area contributed by atoms with Gasteiger partial charge in [-0.1, -0.05) is 76.4 Å². The van der Waals surface area contributed by atoms with Crippen LogP contribution in [0.4, 0.5) is 4.39 Å². The number of halogens is 1. The summed E-state index contributed by atoms with van der Waals surface area (Å²) in [7, 11) is 2.82. The van der Waals surface area contributed by atoms with Crippen LogP contribution in [0.5, 0.6) is 5.75 Å². The maximum atomic E-state index is 15.1. The lowest BCUT2D eigenvalue weighted by Crippen LogP contribution is -2.11. The Hall–Kier alpha value is -2.18. The van der Waals surface area contributed by atoms with E-state index in [4.69, 9.17) is 4.74 Å². The van der Waals surface area contributed by atoms with Crippen molar-refractivity contribution in [1.82, 2.24) is 0 Å². The third-order valence-corrected chi connectivity index (χ3v) is 8.27. The van der Waals surface area contributed by atoms with Crippen LogP contribution in [0.3, 0.4) is 0 Å². The largest absolute Gasteiger partial charge is 0.493 e. The molecule has 1 nitrogen and oxygen atoms in total. The van der Waals surface area contributed by atoms with Crippen molar-refractivity contribution in [3.05, 3.63) is 77.1 Å². The van der Waals surface area contributed by atoms with Gasteiger partial charge < -0.3 is 4.74 Å². The van der Waals surface area contributed by atoms with Crippen molar-refractivity contribution in [1.29, 1.82) is 0 Å². The molecule has 3 aromatic rings. The molecular formula is C32H40FOP. The summed E-state index contributed by atoms with van der Waals surface area (Å²) >= 11 is 0. The van der Waals surface area contributed by atoms with Crippen LogP contribution >= 0.6 is 9.24 Å². The predicted molar refractivity (Wildman–Crippen MR) is 151 cm³/mol. The lowest BCUT2D eigenvalue weighted by molar-refractivity contribution is 0.255. The number of hydrogen-bond acceptors (Lipinski definition) is 1. The van der Waals surface area contributed by atoms with Crippen molar-refractivity contribution in [2.24, 2.45) is 11.8 Å². The highest BCUT2D eigenvalue weighted by Gasteiger charge is 2.21. The summed E-state index contributed by atoms with van der Waals surface area (Å²) in [5.41, 5.74) is 7.50. The maximum Gasteiger partial charge on any atom is 0.131 e. The summed E-state index contributed by atoms with van der Waals surface area (Å²) in [5, 5.41) is 0. The monoisotopic (exact) mass is 490 g/mol. The molecule has 2 unspecified atom stereocenters. The zero-order valence-electron chi connectivity index (χ0n) is 21.7. The van der Waals surface area contributed by atoms with E-state index < -0.39 is 0 Å². The molecular weight excluding hydrogens is 450 g/mol. The zero-order chi connectivity index (χ0) is 24.9. The van der Waals surface area contributed by atoms with Gasteiger partial charge in [0.2, 0.25) is 0 Å². The Morgan fingerprint density at radius 2 is 1.60 bits per heavy atom. The van der Waals surface area contributed by atoms with E-state index in [1.165, 1.54) is 42.4 Å². The normalized spacial score (nSPS) is 18.9. The fourth-order valence-electron chi connectivity index (χ4n) is 5.12. The fourth-order valence-corrected chi connectivity index (χ4v) is 5.44. The molecule has 186 valence electrons. The van der Waals surface area contributed by atoms with Crippen molar-refractivity contribution < 1.29 is 9.13 Å². The van der Waals surface area contributed by atoms with Gasteiger partial charge in [0.1, 0.15) is 11.6 Å². The molecule has 0 radical (unpaired) electrons. The number of benzene rings is 3. The molecule has 3 aromatic carbocycles. The summed E-state index contributed by atoms with van der Waals surface area (Å²) in [4.78, 5) is 0. The van der Waals surface area contributed by atoms with Crippen molar-refractivity contribution in [2.45, 2.75) is 71.9 Å². The van der Waals surface area contributed by atoms with E-state index in [2.05, 4.69) is 67.3 Å². The van der Waals surface area contributed by atoms with E-state index in [0.29, 0.717) is 17.4 Å². The first kappa shape index (κ1) is 25.9. The van der Waals surface area contributed by atoms with Gasteiger partial charge in [-0.3, -0.25) is 0 Å². The number of hydrogen-bond donors (Lipinski definition) is 0. The smallest absolute Gasteiger partial charge is 0.131 e. The van der Waals surface area contributed by atoms with Gasteiger partial charge in [0, 0.05) is 5.56 Å². The minimum absolute atomic E-state index is 0.113. The first-order valence-corrected chi connectivity index (χ1v) is 14.1. The van der Waals surface area contributed by atoms with Crippen LogP contribution in [0, 0.1) is 24.6 Å². The molecule has 0 spiro atoms. The third kappa shape index (κ3) is 6.15. The number of aryl methyl sites for hydroxylation is 1. The fraction of sp³-hybridized carbons (Fsp3) is 0.438. The minimum Gasteiger partial charge on any atom is -0.493 e. The lowest BCUT2D eigenvalue weighted by Gasteiger charge is -2.26. The highest BCUT2D eigenvalue weighted by atomic mass is 31.0. The standard InChI is InChI=1S/C32H40FOP/c1-5-21(2)19-34-32-16-23(4)30(17-28(32)20-35)26-12-10-25(11-13-26)29-15-14-27(18-31(29)33)24-8-6-22(3)7-9-24/h10-18,21-22,24H,5-9,19-20,35H2,1-4H3. The third-order valence-electron chi connectivity index (χ3n) is 7.83. The van der Waals surface area contributed by atoms with Crippen LogP contribution in [-0.2, 0) is 6.16 Å². The van der Waals surface area contributed by atoms with Crippen LogP contribution in [0.2, 0.25) is 0 Å². The molecule has 35 heavy (non-hydrogen) atoms. The Morgan fingerprint density at radius 3 is 2.20 bits per heavy atom. The minimum atomic E-state index is -0.113. The van der Waals surface area contributed by atoms with E-state index in [0.717, 1.165) is 47.5 Å². The van der Waals surface area contributed by atoms with Crippen LogP contribution in [0.1, 0.15) is 75.5 Å². The Labute approximate surface area is 213 Å². The first-order chi connectivity index (χ1) is 16.9. The highest BCUT2D eigenvalue weighted by molar-refractivity contribution is 7.15. The second-order valence-corrected chi connectivity index (χ2v) is 11.0. The van der Waals surface area contributed by atoms with Crippen LogP contribution in [0.25, 0.3) is 22.3 Å². The Bertz CT molecular complexity index is 1130. The van der Waals surface area contributed by atoms with E-state index in [1.807, 2.05) is 18.2 Å². The van der Waals surface area contributed by atoms with E-state index in [1.54, 1.807) is 6.07 Å². The average Bonchev–Trinajstić information content (AvgIpc) is 2.88. The average molecular weight is 491 g/mol. The maximum absolute atomic E-state index is 15.1. The van der Waals surface area contributed by atoms with Gasteiger partial charge in [0.05, 0.1) is 6.61 Å². The SMILES string of the molecule is CCC(C)COc1cc(C)c(-c2ccc(-c3ccc(C4CCC(C)CC4)cc3F)cc2)cc1CP. The zero-order valence-corrected chi connectivity index (χ0v) is 22.9. The predicted octanol–water partition coefficient (Wildman–Crippen LogP) is 9.56. The van der Waals surface area contributed by atoms with Crippen molar-refractivity contribution in [3.63, 3.8) is 0 Å². The molecule has 1 saturated carbocycles. The summed E-state index contributed by atoms with van der Waals surface area (Å²) < 4.78 is 21.3. The van der Waals surface area contributed by atoms with E-state index >= 15 is 4.39 Å². The molecule has 0 aromatic heterocycles. The highest BCUT2D eigenvalue weighted by Crippen LogP contribution is 2.38. The molecule has 0 saturated heterocycles. The van der Waals surface area contributed by atoms with Gasteiger partial charge in [-0.2, -0.15) is 0 Å². The molecule has 4 rings (SSSR count). The van der Waals surface area contributed by atoms with Gasteiger partial charge >= 0.3 is 0 Å². The van der Waals surface area contributed by atoms with Gasteiger partial charge in [-0.05, 0) is 95.3 Å². The molecule has 2 atom stereocenters. The topological polar surface area (TPSA) is 9.23 Å². The molecule has 3 heteroatoms. The molecule has 0 bridgehead atoms. The quantitative estimate of drug-likeness (QED) is 0.286. The second-order valence-electron chi connectivity index (χ2n) is 10.6. The molecule has 1 aliphatic carbocycles. The summed E-state index contributed by atoms with van der Waals surface area (Å²) in [5.74, 6) is 2.72. The summed E-state index contributed by atoms with van der Waals surface area (Å²) in [6.07, 6.45) is 6.81. The molecule has 0 aliphatic heterocycles.